The van der Waals surface area contributed by atoms with Crippen molar-refractivity contribution in [3.63, 3.8) is 0 Å². The SMILES string of the molecule is CC(C)(C)c1ccc2c(c1)B1c3cc(C(C)(C)C)ccc3N(c3cccc4oc5ccccc5c34)c3cc(N4c5ccc(C(C)(C)C)cc5C5(C)CCCCC45C)cc(c31)N2c1cccc2c1oc1ccccc12. The molecular formula is C68H66BN3O2. The highest BCUT2D eigenvalue weighted by atomic mass is 16.3. The second kappa shape index (κ2) is 15.2. The van der Waals surface area contributed by atoms with Crippen LogP contribution in [0.15, 0.2) is 160 Å². The van der Waals surface area contributed by atoms with Crippen LogP contribution in [0.1, 0.15) is 124 Å². The van der Waals surface area contributed by atoms with Gasteiger partial charge in [-0.3, -0.25) is 0 Å². The molecule has 0 saturated heterocycles. The molecule has 3 aliphatic heterocycles. The Morgan fingerprint density at radius 3 is 1.61 bits per heavy atom. The number of benzene rings is 8. The van der Waals surface area contributed by atoms with E-state index in [0.717, 1.165) is 68.1 Å². The van der Waals surface area contributed by atoms with E-state index in [2.05, 4.69) is 243 Å². The number of rotatable bonds is 3. The first kappa shape index (κ1) is 45.4. The van der Waals surface area contributed by atoms with Gasteiger partial charge >= 0.3 is 0 Å². The lowest BCUT2D eigenvalue weighted by Crippen LogP contribution is -2.62. The fourth-order valence-electron chi connectivity index (χ4n) is 14.0. The normalized spacial score (nSPS) is 19.3. The Morgan fingerprint density at radius 2 is 0.959 bits per heavy atom. The third kappa shape index (κ3) is 6.23. The summed E-state index contributed by atoms with van der Waals surface area (Å²) < 4.78 is 13.8. The van der Waals surface area contributed by atoms with Gasteiger partial charge in [-0.2, -0.15) is 0 Å². The molecule has 0 bridgehead atoms. The zero-order valence-corrected chi connectivity index (χ0v) is 45.0. The van der Waals surface area contributed by atoms with Crippen molar-refractivity contribution in [2.24, 2.45) is 0 Å². The second-order valence-corrected chi connectivity index (χ2v) is 25.7. The molecule has 5 nitrogen and oxygen atoms in total. The summed E-state index contributed by atoms with van der Waals surface area (Å²) in [6.07, 6.45) is 4.66. The van der Waals surface area contributed by atoms with E-state index in [9.17, 15) is 0 Å². The zero-order valence-electron chi connectivity index (χ0n) is 45.0. The summed E-state index contributed by atoms with van der Waals surface area (Å²) in [7, 11) is 0. The van der Waals surface area contributed by atoms with Gasteiger partial charge in [0.1, 0.15) is 16.7 Å². The maximum absolute atomic E-state index is 7.06. The predicted molar refractivity (Wildman–Crippen MR) is 314 cm³/mol. The van der Waals surface area contributed by atoms with Crippen molar-refractivity contribution in [1.82, 2.24) is 0 Å². The molecule has 0 spiro atoms. The van der Waals surface area contributed by atoms with Crippen LogP contribution in [0.4, 0.5) is 45.5 Å². The Hall–Kier alpha value is -7.18. The van der Waals surface area contributed by atoms with Gasteiger partial charge in [-0.05, 0) is 135 Å². The molecule has 14 rings (SSSR count). The monoisotopic (exact) mass is 968 g/mol. The molecule has 1 saturated carbocycles. The fourth-order valence-corrected chi connectivity index (χ4v) is 14.0. The number of nitrogens with zero attached hydrogens (tertiary/aromatic N) is 3. The minimum absolute atomic E-state index is 0.0202. The largest absolute Gasteiger partial charge is 0.456 e. The maximum atomic E-state index is 7.06. The number of fused-ring (bicyclic) bond motifs is 13. The molecule has 2 unspecified atom stereocenters. The van der Waals surface area contributed by atoms with E-state index in [1.54, 1.807) is 0 Å². The standard InChI is InChI=1S/C68H66BN3O2/c1-64(2,3)41-28-31-51-48(36-41)67(10)34-16-17-35-68(67,11)72(51)44-39-56-62-57(40-44)71(55-24-18-22-46-45-20-12-14-25-58(45)74-63(46)55)53-33-30-43(66(7,8)9)38-50(53)69(62)49-37-42(65(4,5)6)29-32-52(49)70(56)54-23-19-27-60-61(54)47-21-13-15-26-59(47)73-60/h12-15,18-33,36-40H,16-17,34-35H2,1-11H3. The van der Waals surface area contributed by atoms with Crippen molar-refractivity contribution in [3.05, 3.63) is 174 Å². The van der Waals surface area contributed by atoms with E-state index in [1.807, 2.05) is 0 Å². The molecule has 0 radical (unpaired) electrons. The van der Waals surface area contributed by atoms with Crippen LogP contribution < -0.4 is 31.1 Å². The van der Waals surface area contributed by atoms with E-state index in [0.29, 0.717) is 0 Å². The molecular weight excluding hydrogens is 902 g/mol. The van der Waals surface area contributed by atoms with Crippen LogP contribution in [-0.4, -0.2) is 12.3 Å². The number of furan rings is 2. The van der Waals surface area contributed by atoms with Crippen LogP contribution in [0, 0.1) is 0 Å². The van der Waals surface area contributed by atoms with Gasteiger partial charge in [0.25, 0.3) is 6.71 Å². The molecule has 6 heteroatoms. The van der Waals surface area contributed by atoms with Gasteiger partial charge in [0.15, 0.2) is 5.58 Å². The molecule has 0 amide bonds. The Labute approximate surface area is 436 Å². The van der Waals surface area contributed by atoms with E-state index in [-0.39, 0.29) is 33.9 Å². The molecule has 0 N–H and O–H groups in total. The van der Waals surface area contributed by atoms with Crippen molar-refractivity contribution in [3.8, 4) is 0 Å². The van der Waals surface area contributed by atoms with Gasteiger partial charge in [0.2, 0.25) is 0 Å². The van der Waals surface area contributed by atoms with Crippen LogP contribution in [0.2, 0.25) is 0 Å². The van der Waals surface area contributed by atoms with Crippen LogP contribution in [0.5, 0.6) is 0 Å². The molecule has 368 valence electrons. The van der Waals surface area contributed by atoms with Gasteiger partial charge < -0.3 is 23.5 Å². The molecule has 8 aromatic carbocycles. The van der Waals surface area contributed by atoms with E-state index < -0.39 is 0 Å². The highest BCUT2D eigenvalue weighted by Gasteiger charge is 2.58. The van der Waals surface area contributed by atoms with E-state index >= 15 is 0 Å². The van der Waals surface area contributed by atoms with E-state index in [1.165, 1.54) is 85.6 Å². The van der Waals surface area contributed by atoms with Crippen molar-refractivity contribution >= 4 is 112 Å². The summed E-state index contributed by atoms with van der Waals surface area (Å²) in [6, 6.07) is 57.8. The first-order valence-corrected chi connectivity index (χ1v) is 27.2. The van der Waals surface area contributed by atoms with Crippen LogP contribution in [-0.2, 0) is 21.7 Å². The van der Waals surface area contributed by atoms with Gasteiger partial charge in [-0.25, -0.2) is 0 Å². The lowest BCUT2D eigenvalue weighted by Gasteiger charge is -2.51. The number of para-hydroxylation sites is 3. The lowest BCUT2D eigenvalue weighted by molar-refractivity contribution is 0.195. The highest BCUT2D eigenvalue weighted by molar-refractivity contribution is 7.00. The number of hydrogen-bond acceptors (Lipinski definition) is 5. The molecule has 74 heavy (non-hydrogen) atoms. The van der Waals surface area contributed by atoms with E-state index in [4.69, 9.17) is 8.83 Å². The lowest BCUT2D eigenvalue weighted by atomic mass is 9.33. The highest BCUT2D eigenvalue weighted by Crippen LogP contribution is 2.62. The number of hydrogen-bond donors (Lipinski definition) is 0. The second-order valence-electron chi connectivity index (χ2n) is 25.7. The molecule has 10 aromatic rings. The van der Waals surface area contributed by atoms with Gasteiger partial charge in [-0.1, -0.05) is 173 Å². The number of anilines is 8. The van der Waals surface area contributed by atoms with Crippen LogP contribution in [0.3, 0.4) is 0 Å². The Kier molecular flexibility index (Phi) is 9.34. The average Bonchev–Trinajstić information content (AvgIpc) is 4.02. The van der Waals surface area contributed by atoms with Crippen LogP contribution in [0.25, 0.3) is 43.9 Å². The Bertz CT molecular complexity index is 4010. The van der Waals surface area contributed by atoms with Crippen molar-refractivity contribution in [2.75, 3.05) is 14.7 Å². The van der Waals surface area contributed by atoms with Crippen molar-refractivity contribution in [1.29, 1.82) is 0 Å². The summed E-state index contributed by atoms with van der Waals surface area (Å²) in [4.78, 5) is 7.99. The van der Waals surface area contributed by atoms with Crippen molar-refractivity contribution < 1.29 is 8.83 Å². The van der Waals surface area contributed by atoms with Gasteiger partial charge in [-0.15, -0.1) is 0 Å². The minimum Gasteiger partial charge on any atom is -0.456 e. The Morgan fingerprint density at radius 1 is 0.446 bits per heavy atom. The zero-order chi connectivity index (χ0) is 51.0. The Balaban J connectivity index is 1.15. The quantitative estimate of drug-likeness (QED) is 0.165. The van der Waals surface area contributed by atoms with Gasteiger partial charge in [0, 0.05) is 55.7 Å². The fraction of sp³-hybridized carbons (Fsp3) is 0.294. The summed E-state index contributed by atoms with van der Waals surface area (Å²) >= 11 is 0. The maximum Gasteiger partial charge on any atom is 0.252 e. The third-order valence-corrected chi connectivity index (χ3v) is 18.3. The van der Waals surface area contributed by atoms with Crippen LogP contribution >= 0.6 is 0 Å². The average molecular weight is 968 g/mol. The third-order valence-electron chi connectivity index (χ3n) is 18.3. The summed E-state index contributed by atoms with van der Waals surface area (Å²) in [5.41, 5.74) is 22.0. The smallest absolute Gasteiger partial charge is 0.252 e. The van der Waals surface area contributed by atoms with Gasteiger partial charge in [0.05, 0.1) is 22.3 Å². The summed E-state index contributed by atoms with van der Waals surface area (Å²) in [6.45, 7) is 26.2. The summed E-state index contributed by atoms with van der Waals surface area (Å²) in [5, 5.41) is 4.48. The molecule has 1 fully saturated rings. The predicted octanol–water partition coefficient (Wildman–Crippen LogP) is 17.2. The molecule has 2 atom stereocenters. The van der Waals surface area contributed by atoms with Crippen molar-refractivity contribution in [2.45, 2.75) is 129 Å². The summed E-state index contributed by atoms with van der Waals surface area (Å²) in [5.74, 6) is 0. The first-order chi connectivity index (χ1) is 35.3. The molecule has 1 aliphatic carbocycles. The molecule has 4 aliphatic rings. The molecule has 2 aromatic heterocycles. The minimum atomic E-state index is -0.192. The topological polar surface area (TPSA) is 36.0 Å². The molecule has 5 heterocycles. The first-order valence-electron chi connectivity index (χ1n) is 27.2.